The maximum atomic E-state index is 6.01. The molecule has 0 aliphatic carbocycles. The van der Waals surface area contributed by atoms with E-state index in [0.29, 0.717) is 5.69 Å². The fourth-order valence-corrected chi connectivity index (χ4v) is 3.03. The number of nitrogens with one attached hydrogen (secondary N) is 1. The second-order valence-corrected chi connectivity index (χ2v) is 5.53. The lowest BCUT2D eigenvalue weighted by atomic mass is 10.2. The molecule has 0 radical (unpaired) electrons. The molecule has 2 rings (SSSR count). The quantitative estimate of drug-likeness (QED) is 0.796. The van der Waals surface area contributed by atoms with E-state index in [1.807, 2.05) is 30.0 Å². The molecule has 0 unspecified atom stereocenters. The molecule has 1 aliphatic heterocycles. The highest BCUT2D eigenvalue weighted by atomic mass is 32.2. The highest BCUT2D eigenvalue weighted by Gasteiger charge is 2.10. The molecule has 1 saturated heterocycles. The van der Waals surface area contributed by atoms with Gasteiger partial charge >= 0.3 is 0 Å². The topological polar surface area (TPSA) is 50.5 Å². The van der Waals surface area contributed by atoms with E-state index in [1.54, 1.807) is 7.11 Å². The molecule has 0 bridgehead atoms. The third kappa shape index (κ3) is 3.46. The maximum absolute atomic E-state index is 6.01. The number of nitrogen functional groups attached to an aromatic ring is 1. The van der Waals surface area contributed by atoms with Crippen LogP contribution in [0.2, 0.25) is 0 Å². The second-order valence-electron chi connectivity index (χ2n) is 4.30. The van der Waals surface area contributed by atoms with E-state index in [4.69, 9.17) is 10.5 Å². The van der Waals surface area contributed by atoms with E-state index < -0.39 is 0 Å². The van der Waals surface area contributed by atoms with Gasteiger partial charge in [0.05, 0.1) is 18.5 Å². The molecule has 1 aromatic carbocycles. The number of rotatable bonds is 5. The Balaban J connectivity index is 1.82. The van der Waals surface area contributed by atoms with Gasteiger partial charge in [-0.3, -0.25) is 4.90 Å². The third-order valence-corrected chi connectivity index (χ3v) is 4.08. The van der Waals surface area contributed by atoms with Crippen LogP contribution < -0.4 is 15.8 Å². The monoisotopic (exact) mass is 267 g/mol. The van der Waals surface area contributed by atoms with Crippen molar-refractivity contribution in [3.8, 4) is 5.75 Å². The molecule has 1 aromatic rings. The molecule has 4 nitrogen and oxygen atoms in total. The Morgan fingerprint density at radius 3 is 2.89 bits per heavy atom. The molecule has 18 heavy (non-hydrogen) atoms. The zero-order valence-electron chi connectivity index (χ0n) is 10.8. The Labute approximate surface area is 113 Å². The first kappa shape index (κ1) is 13.4. The zero-order chi connectivity index (χ0) is 12.8. The lowest BCUT2D eigenvalue weighted by Crippen LogP contribution is -2.36. The molecule has 1 fully saturated rings. The molecule has 0 aromatic heterocycles. The predicted molar refractivity (Wildman–Crippen MR) is 79.7 cm³/mol. The van der Waals surface area contributed by atoms with Gasteiger partial charge in [-0.2, -0.15) is 11.8 Å². The van der Waals surface area contributed by atoms with E-state index in [9.17, 15) is 0 Å². The Bertz CT molecular complexity index is 380. The fourth-order valence-electron chi connectivity index (χ4n) is 2.05. The van der Waals surface area contributed by atoms with Gasteiger partial charge in [0.15, 0.2) is 0 Å². The van der Waals surface area contributed by atoms with Crippen molar-refractivity contribution in [3.05, 3.63) is 18.2 Å². The number of para-hydroxylation sites is 1. The number of hydrogen-bond acceptors (Lipinski definition) is 5. The van der Waals surface area contributed by atoms with Gasteiger partial charge in [0.2, 0.25) is 0 Å². The lowest BCUT2D eigenvalue weighted by Gasteiger charge is -2.26. The summed E-state index contributed by atoms with van der Waals surface area (Å²) in [6, 6.07) is 5.82. The first-order chi connectivity index (χ1) is 8.81. The largest absolute Gasteiger partial charge is 0.495 e. The number of benzene rings is 1. The van der Waals surface area contributed by atoms with Gasteiger partial charge in [0.25, 0.3) is 0 Å². The van der Waals surface area contributed by atoms with E-state index >= 15 is 0 Å². The minimum Gasteiger partial charge on any atom is -0.495 e. The molecule has 0 amide bonds. The minimum atomic E-state index is 0.689. The van der Waals surface area contributed by atoms with Crippen LogP contribution in [0.15, 0.2) is 18.2 Å². The Kier molecular flexibility index (Phi) is 5.01. The predicted octanol–water partition coefficient (Wildman–Crippen LogP) is 1.74. The van der Waals surface area contributed by atoms with Crippen molar-refractivity contribution >= 4 is 23.1 Å². The van der Waals surface area contributed by atoms with E-state index in [-0.39, 0.29) is 0 Å². The Morgan fingerprint density at radius 2 is 2.17 bits per heavy atom. The van der Waals surface area contributed by atoms with Crippen LogP contribution >= 0.6 is 11.8 Å². The van der Waals surface area contributed by atoms with Gasteiger partial charge in [-0.1, -0.05) is 6.07 Å². The molecular formula is C13H21N3OS. The number of nitrogens with two attached hydrogens (primary N) is 1. The van der Waals surface area contributed by atoms with E-state index in [2.05, 4.69) is 10.2 Å². The average molecular weight is 267 g/mol. The van der Waals surface area contributed by atoms with Crippen molar-refractivity contribution in [2.45, 2.75) is 0 Å². The summed E-state index contributed by atoms with van der Waals surface area (Å²) in [6.07, 6.45) is 0. The van der Waals surface area contributed by atoms with Crippen LogP contribution in [0.3, 0.4) is 0 Å². The highest BCUT2D eigenvalue weighted by Crippen LogP contribution is 2.28. The van der Waals surface area contributed by atoms with Crippen molar-refractivity contribution in [3.63, 3.8) is 0 Å². The molecule has 1 aliphatic rings. The SMILES string of the molecule is COc1cccc(NCCN2CCSCC2)c1N. The minimum absolute atomic E-state index is 0.689. The van der Waals surface area contributed by atoms with E-state index in [0.717, 1.165) is 24.5 Å². The van der Waals surface area contributed by atoms with Gasteiger partial charge in [-0.15, -0.1) is 0 Å². The summed E-state index contributed by atoms with van der Waals surface area (Å²) in [6.45, 7) is 4.37. The van der Waals surface area contributed by atoms with Crippen LogP contribution in [-0.4, -0.2) is 49.7 Å². The van der Waals surface area contributed by atoms with Crippen LogP contribution in [0.1, 0.15) is 0 Å². The highest BCUT2D eigenvalue weighted by molar-refractivity contribution is 7.99. The van der Waals surface area contributed by atoms with Gasteiger partial charge < -0.3 is 15.8 Å². The first-order valence-electron chi connectivity index (χ1n) is 6.27. The van der Waals surface area contributed by atoms with E-state index in [1.165, 1.54) is 24.6 Å². The molecule has 1 heterocycles. The molecule has 0 saturated carbocycles. The van der Waals surface area contributed by atoms with Crippen molar-refractivity contribution in [1.29, 1.82) is 0 Å². The molecule has 0 spiro atoms. The molecule has 100 valence electrons. The van der Waals surface area contributed by atoms with Crippen molar-refractivity contribution in [2.75, 3.05) is 55.8 Å². The number of thioether (sulfide) groups is 1. The zero-order valence-corrected chi connectivity index (χ0v) is 11.6. The van der Waals surface area contributed by atoms with Crippen LogP contribution in [0.5, 0.6) is 5.75 Å². The number of anilines is 2. The van der Waals surface area contributed by atoms with Crippen molar-refractivity contribution in [2.24, 2.45) is 0 Å². The first-order valence-corrected chi connectivity index (χ1v) is 7.43. The van der Waals surface area contributed by atoms with Gasteiger partial charge in [0, 0.05) is 37.7 Å². The molecule has 0 atom stereocenters. The number of nitrogens with zero attached hydrogens (tertiary/aromatic N) is 1. The van der Waals surface area contributed by atoms with Crippen LogP contribution in [0, 0.1) is 0 Å². The van der Waals surface area contributed by atoms with Crippen molar-refractivity contribution < 1.29 is 4.74 Å². The summed E-state index contributed by atoms with van der Waals surface area (Å²) in [5, 5.41) is 3.38. The second kappa shape index (κ2) is 6.75. The Morgan fingerprint density at radius 1 is 1.39 bits per heavy atom. The standard InChI is InChI=1S/C13H21N3OS/c1-17-12-4-2-3-11(13(12)14)15-5-6-16-7-9-18-10-8-16/h2-4,15H,5-10,14H2,1H3. The van der Waals surface area contributed by atoms with Crippen LogP contribution in [0.4, 0.5) is 11.4 Å². The third-order valence-electron chi connectivity index (χ3n) is 3.13. The van der Waals surface area contributed by atoms with Crippen LogP contribution in [-0.2, 0) is 0 Å². The molecular weight excluding hydrogens is 246 g/mol. The molecule has 3 N–H and O–H groups in total. The summed E-state index contributed by atoms with van der Waals surface area (Å²) in [5.41, 5.74) is 7.66. The van der Waals surface area contributed by atoms with Gasteiger partial charge in [-0.05, 0) is 12.1 Å². The summed E-state index contributed by atoms with van der Waals surface area (Å²) in [4.78, 5) is 2.49. The maximum Gasteiger partial charge on any atom is 0.143 e. The summed E-state index contributed by atoms with van der Waals surface area (Å²) >= 11 is 2.04. The number of methoxy groups -OCH3 is 1. The summed E-state index contributed by atoms with van der Waals surface area (Å²) in [7, 11) is 1.64. The smallest absolute Gasteiger partial charge is 0.143 e. The average Bonchev–Trinajstić information content (AvgIpc) is 2.42. The number of hydrogen-bond donors (Lipinski definition) is 2. The Hall–Kier alpha value is -1.07. The summed E-state index contributed by atoms with van der Waals surface area (Å²) in [5.74, 6) is 3.23. The van der Waals surface area contributed by atoms with Gasteiger partial charge in [0.1, 0.15) is 5.75 Å². The van der Waals surface area contributed by atoms with Gasteiger partial charge in [-0.25, -0.2) is 0 Å². The lowest BCUT2D eigenvalue weighted by molar-refractivity contribution is 0.314. The molecule has 5 heteroatoms. The number of ether oxygens (including phenoxy) is 1. The summed E-state index contributed by atoms with van der Waals surface area (Å²) < 4.78 is 5.20. The normalized spacial score (nSPS) is 16.5. The fraction of sp³-hybridized carbons (Fsp3) is 0.538. The van der Waals surface area contributed by atoms with Crippen LogP contribution in [0.25, 0.3) is 0 Å². The van der Waals surface area contributed by atoms with Crippen molar-refractivity contribution in [1.82, 2.24) is 4.90 Å².